The van der Waals surface area contributed by atoms with Gasteiger partial charge in [-0.05, 0) is 19.3 Å². The van der Waals surface area contributed by atoms with Crippen LogP contribution in [0.25, 0.3) is 0 Å². The van der Waals surface area contributed by atoms with Gasteiger partial charge in [0.2, 0.25) is 12.3 Å². The first-order valence-electron chi connectivity index (χ1n) is 6.29. The van der Waals surface area contributed by atoms with Crippen LogP contribution in [0.5, 0.6) is 0 Å². The molecule has 1 atom stereocenters. The van der Waals surface area contributed by atoms with E-state index in [0.717, 1.165) is 32.2 Å². The maximum Gasteiger partial charge on any atom is 0.225 e. The first kappa shape index (κ1) is 11.4. The van der Waals surface area contributed by atoms with E-state index in [1.807, 2.05) is 0 Å². The summed E-state index contributed by atoms with van der Waals surface area (Å²) in [7, 11) is 0. The molecule has 1 unspecified atom stereocenters. The number of nitrogens with one attached hydrogen (secondary N) is 1. The lowest BCUT2D eigenvalue weighted by Crippen LogP contribution is -2.40. The molecule has 1 aliphatic carbocycles. The van der Waals surface area contributed by atoms with Gasteiger partial charge in [-0.3, -0.25) is 9.59 Å². The normalized spacial score (nSPS) is 26.8. The molecule has 1 heterocycles. The molecule has 2 rings (SSSR count). The number of likely N-dealkylation sites (tertiary alicyclic amines) is 1. The van der Waals surface area contributed by atoms with Crippen LogP contribution in [-0.4, -0.2) is 36.3 Å². The minimum absolute atomic E-state index is 0.0205. The van der Waals surface area contributed by atoms with Crippen molar-refractivity contribution in [1.82, 2.24) is 10.2 Å². The van der Waals surface area contributed by atoms with Crippen molar-refractivity contribution < 1.29 is 9.59 Å². The third-order valence-corrected chi connectivity index (χ3v) is 3.69. The molecule has 0 spiro atoms. The van der Waals surface area contributed by atoms with Gasteiger partial charge in [-0.2, -0.15) is 0 Å². The van der Waals surface area contributed by atoms with Crippen LogP contribution in [0, 0.1) is 5.92 Å². The molecule has 2 aliphatic rings. The second-order valence-electron chi connectivity index (χ2n) is 4.93. The van der Waals surface area contributed by atoms with Gasteiger partial charge in [0.1, 0.15) is 0 Å². The minimum atomic E-state index is 0.0205. The lowest BCUT2D eigenvalue weighted by atomic mass is 9.95. The highest BCUT2D eigenvalue weighted by Crippen LogP contribution is 2.19. The van der Waals surface area contributed by atoms with Crippen LogP contribution in [0.1, 0.15) is 38.5 Å². The molecule has 4 nitrogen and oxygen atoms in total. The summed E-state index contributed by atoms with van der Waals surface area (Å²) in [5.74, 6) is 0.170. The van der Waals surface area contributed by atoms with Crippen molar-refractivity contribution in [3.8, 4) is 0 Å². The maximum absolute atomic E-state index is 11.9. The highest BCUT2D eigenvalue weighted by molar-refractivity contribution is 5.80. The molecule has 2 amide bonds. The van der Waals surface area contributed by atoms with Crippen molar-refractivity contribution in [1.29, 1.82) is 0 Å². The van der Waals surface area contributed by atoms with Gasteiger partial charge in [-0.15, -0.1) is 0 Å². The number of carbonyl (C=O) groups is 2. The van der Waals surface area contributed by atoms with E-state index in [4.69, 9.17) is 0 Å². The second kappa shape index (κ2) is 5.32. The van der Waals surface area contributed by atoms with Crippen molar-refractivity contribution >= 4 is 12.3 Å². The molecule has 0 bridgehead atoms. The number of nitrogens with zero attached hydrogens (tertiary/aromatic N) is 1. The first-order valence-corrected chi connectivity index (χ1v) is 6.29. The quantitative estimate of drug-likeness (QED) is 0.724. The van der Waals surface area contributed by atoms with Crippen LogP contribution in [0.4, 0.5) is 0 Å². The van der Waals surface area contributed by atoms with Crippen molar-refractivity contribution in [2.45, 2.75) is 44.6 Å². The first-order chi connectivity index (χ1) is 7.79. The molecule has 0 aromatic heterocycles. The Labute approximate surface area is 96.4 Å². The van der Waals surface area contributed by atoms with E-state index in [0.29, 0.717) is 12.6 Å². The highest BCUT2D eigenvalue weighted by Gasteiger charge is 2.28. The zero-order chi connectivity index (χ0) is 11.4. The SMILES string of the molecule is O=CN1CCC(C(=O)NC2CCCCC2)C1. The topological polar surface area (TPSA) is 49.4 Å². The smallest absolute Gasteiger partial charge is 0.225 e. The van der Waals surface area contributed by atoms with Crippen LogP contribution < -0.4 is 5.32 Å². The molecular formula is C12H20N2O2. The van der Waals surface area contributed by atoms with Gasteiger partial charge in [-0.1, -0.05) is 19.3 Å². The van der Waals surface area contributed by atoms with E-state index < -0.39 is 0 Å². The molecule has 0 radical (unpaired) electrons. The number of carbonyl (C=O) groups excluding carboxylic acids is 2. The Bertz CT molecular complexity index is 262. The summed E-state index contributed by atoms with van der Waals surface area (Å²) in [5, 5.41) is 3.12. The van der Waals surface area contributed by atoms with Gasteiger partial charge in [0, 0.05) is 19.1 Å². The summed E-state index contributed by atoms with van der Waals surface area (Å²) in [5.41, 5.74) is 0. The summed E-state index contributed by atoms with van der Waals surface area (Å²) in [6.45, 7) is 1.33. The fraction of sp³-hybridized carbons (Fsp3) is 0.833. The summed E-state index contributed by atoms with van der Waals surface area (Å²) < 4.78 is 0. The Morgan fingerprint density at radius 2 is 1.94 bits per heavy atom. The predicted octanol–water partition coefficient (Wildman–Crippen LogP) is 0.914. The lowest BCUT2D eigenvalue weighted by Gasteiger charge is -2.24. The van der Waals surface area contributed by atoms with Crippen molar-refractivity contribution in [2.75, 3.05) is 13.1 Å². The van der Waals surface area contributed by atoms with E-state index >= 15 is 0 Å². The molecule has 90 valence electrons. The van der Waals surface area contributed by atoms with Crippen molar-refractivity contribution in [3.05, 3.63) is 0 Å². The molecule has 1 saturated heterocycles. The van der Waals surface area contributed by atoms with Gasteiger partial charge in [0.15, 0.2) is 0 Å². The van der Waals surface area contributed by atoms with Gasteiger partial charge in [-0.25, -0.2) is 0 Å². The average molecular weight is 224 g/mol. The Hall–Kier alpha value is -1.06. The Balaban J connectivity index is 1.77. The fourth-order valence-electron chi connectivity index (χ4n) is 2.66. The highest BCUT2D eigenvalue weighted by atomic mass is 16.2. The molecular weight excluding hydrogens is 204 g/mol. The molecule has 16 heavy (non-hydrogen) atoms. The van der Waals surface area contributed by atoms with E-state index in [2.05, 4.69) is 5.32 Å². The van der Waals surface area contributed by atoms with Crippen molar-refractivity contribution in [2.24, 2.45) is 5.92 Å². The molecule has 4 heteroatoms. The third-order valence-electron chi connectivity index (χ3n) is 3.69. The molecule has 1 saturated carbocycles. The summed E-state index contributed by atoms with van der Waals surface area (Å²) >= 11 is 0. The molecule has 2 fully saturated rings. The summed E-state index contributed by atoms with van der Waals surface area (Å²) in [6, 6.07) is 0.381. The van der Waals surface area contributed by atoms with E-state index in [1.165, 1.54) is 19.3 Å². The molecule has 0 aromatic rings. The van der Waals surface area contributed by atoms with Crippen LogP contribution in [0.3, 0.4) is 0 Å². The number of amides is 2. The molecule has 1 N–H and O–H groups in total. The summed E-state index contributed by atoms with van der Waals surface area (Å²) in [4.78, 5) is 24.2. The van der Waals surface area contributed by atoms with Crippen LogP contribution >= 0.6 is 0 Å². The van der Waals surface area contributed by atoms with Gasteiger partial charge in [0.25, 0.3) is 0 Å². The zero-order valence-corrected chi connectivity index (χ0v) is 9.65. The predicted molar refractivity (Wildman–Crippen MR) is 60.8 cm³/mol. The Kier molecular flexibility index (Phi) is 3.80. The number of hydrogen-bond acceptors (Lipinski definition) is 2. The van der Waals surface area contributed by atoms with Gasteiger partial charge in [0.05, 0.1) is 5.92 Å². The lowest BCUT2D eigenvalue weighted by molar-refractivity contribution is -0.125. The number of rotatable bonds is 3. The van der Waals surface area contributed by atoms with Gasteiger partial charge >= 0.3 is 0 Å². The van der Waals surface area contributed by atoms with E-state index in [9.17, 15) is 9.59 Å². The van der Waals surface area contributed by atoms with Crippen LogP contribution in [-0.2, 0) is 9.59 Å². The molecule has 1 aliphatic heterocycles. The monoisotopic (exact) mass is 224 g/mol. The average Bonchev–Trinajstić information content (AvgIpc) is 2.79. The third kappa shape index (κ3) is 2.74. The van der Waals surface area contributed by atoms with E-state index in [1.54, 1.807) is 4.90 Å². The van der Waals surface area contributed by atoms with E-state index in [-0.39, 0.29) is 11.8 Å². The molecule has 0 aromatic carbocycles. The zero-order valence-electron chi connectivity index (χ0n) is 9.65. The Morgan fingerprint density at radius 3 is 2.56 bits per heavy atom. The van der Waals surface area contributed by atoms with Crippen LogP contribution in [0.2, 0.25) is 0 Å². The Morgan fingerprint density at radius 1 is 1.19 bits per heavy atom. The minimum Gasteiger partial charge on any atom is -0.353 e. The van der Waals surface area contributed by atoms with Crippen LogP contribution in [0.15, 0.2) is 0 Å². The van der Waals surface area contributed by atoms with Gasteiger partial charge < -0.3 is 10.2 Å². The van der Waals surface area contributed by atoms with Crippen molar-refractivity contribution in [3.63, 3.8) is 0 Å². The second-order valence-corrected chi connectivity index (χ2v) is 4.93. The largest absolute Gasteiger partial charge is 0.353 e. The standard InChI is InChI=1S/C12H20N2O2/c15-9-14-7-6-10(8-14)12(16)13-11-4-2-1-3-5-11/h9-11H,1-8H2,(H,13,16). The number of hydrogen-bond donors (Lipinski definition) is 1. The fourth-order valence-corrected chi connectivity index (χ4v) is 2.66. The maximum atomic E-state index is 11.9. The summed E-state index contributed by atoms with van der Waals surface area (Å²) in [6.07, 6.45) is 7.66.